The molecule has 3 rings (SSSR count). The van der Waals surface area contributed by atoms with Gasteiger partial charge in [-0.2, -0.15) is 0 Å². The Morgan fingerprint density at radius 1 is 1.14 bits per heavy atom. The average molecular weight is 290 g/mol. The van der Waals surface area contributed by atoms with Crippen LogP contribution in [0.1, 0.15) is 37.8 Å². The molecule has 2 fully saturated rings. The van der Waals surface area contributed by atoms with Crippen molar-refractivity contribution in [3.63, 3.8) is 0 Å². The van der Waals surface area contributed by atoms with E-state index in [4.69, 9.17) is 9.47 Å². The highest BCUT2D eigenvalue weighted by Crippen LogP contribution is 2.34. The molecular formula is C17H26N2O2. The molecule has 0 spiro atoms. The van der Waals surface area contributed by atoms with Crippen LogP contribution >= 0.6 is 0 Å². The molecule has 4 nitrogen and oxygen atoms in total. The highest BCUT2D eigenvalue weighted by atomic mass is 16.5. The molecule has 0 radical (unpaired) electrons. The molecule has 1 aromatic carbocycles. The van der Waals surface area contributed by atoms with E-state index in [1.165, 1.54) is 24.8 Å². The molecule has 2 saturated heterocycles. The number of hydrogen-bond donors (Lipinski definition) is 1. The van der Waals surface area contributed by atoms with Gasteiger partial charge >= 0.3 is 0 Å². The van der Waals surface area contributed by atoms with Crippen molar-refractivity contribution in [2.24, 2.45) is 0 Å². The van der Waals surface area contributed by atoms with Crippen molar-refractivity contribution in [2.45, 2.75) is 44.3 Å². The zero-order valence-corrected chi connectivity index (χ0v) is 13.3. The van der Waals surface area contributed by atoms with E-state index in [0.29, 0.717) is 12.1 Å². The summed E-state index contributed by atoms with van der Waals surface area (Å²) < 4.78 is 10.9. The van der Waals surface area contributed by atoms with Crippen LogP contribution in [-0.2, 0) is 0 Å². The number of likely N-dealkylation sites (tertiary alicyclic amines) is 1. The Morgan fingerprint density at radius 2 is 1.95 bits per heavy atom. The number of nitrogens with one attached hydrogen (secondary N) is 1. The fourth-order valence-corrected chi connectivity index (χ4v) is 3.68. The van der Waals surface area contributed by atoms with Crippen LogP contribution in [0, 0.1) is 0 Å². The lowest BCUT2D eigenvalue weighted by molar-refractivity contribution is 0.196. The molecule has 3 unspecified atom stereocenters. The van der Waals surface area contributed by atoms with Crippen LogP contribution in [0.5, 0.6) is 11.5 Å². The second-order valence-corrected chi connectivity index (χ2v) is 6.21. The predicted octanol–water partition coefficient (Wildman–Crippen LogP) is 2.59. The molecular weight excluding hydrogens is 264 g/mol. The van der Waals surface area contributed by atoms with Gasteiger partial charge in [-0.3, -0.25) is 4.90 Å². The summed E-state index contributed by atoms with van der Waals surface area (Å²) in [7, 11) is 3.45. The first-order valence-corrected chi connectivity index (χ1v) is 7.93. The molecule has 2 bridgehead atoms. The summed E-state index contributed by atoms with van der Waals surface area (Å²) in [4.78, 5) is 2.58. The van der Waals surface area contributed by atoms with E-state index in [0.717, 1.165) is 30.6 Å². The molecule has 0 saturated carbocycles. The molecule has 116 valence electrons. The highest BCUT2D eigenvalue weighted by Gasteiger charge is 2.32. The van der Waals surface area contributed by atoms with E-state index >= 15 is 0 Å². The minimum atomic E-state index is 0.344. The van der Waals surface area contributed by atoms with Gasteiger partial charge in [-0.05, 0) is 44.4 Å². The van der Waals surface area contributed by atoms with Crippen molar-refractivity contribution in [2.75, 3.05) is 27.3 Å². The van der Waals surface area contributed by atoms with E-state index in [2.05, 4.69) is 23.2 Å². The van der Waals surface area contributed by atoms with E-state index in [1.807, 2.05) is 12.1 Å². The molecule has 21 heavy (non-hydrogen) atoms. The van der Waals surface area contributed by atoms with E-state index < -0.39 is 0 Å². The third-order valence-electron chi connectivity index (χ3n) is 4.99. The molecule has 0 aliphatic carbocycles. The molecule has 0 aromatic heterocycles. The number of rotatable bonds is 4. The van der Waals surface area contributed by atoms with Crippen LogP contribution < -0.4 is 14.8 Å². The Hall–Kier alpha value is -1.26. The minimum Gasteiger partial charge on any atom is -0.497 e. The van der Waals surface area contributed by atoms with Crippen LogP contribution in [0.3, 0.4) is 0 Å². The van der Waals surface area contributed by atoms with Crippen LogP contribution in [0.4, 0.5) is 0 Å². The molecule has 2 aliphatic rings. The first-order valence-electron chi connectivity index (χ1n) is 7.93. The van der Waals surface area contributed by atoms with E-state index in [-0.39, 0.29) is 0 Å². The van der Waals surface area contributed by atoms with Crippen LogP contribution in [-0.4, -0.2) is 44.3 Å². The third kappa shape index (κ3) is 3.01. The lowest BCUT2D eigenvalue weighted by Crippen LogP contribution is -2.36. The normalized spacial score (nSPS) is 27.2. The monoisotopic (exact) mass is 290 g/mol. The van der Waals surface area contributed by atoms with Gasteiger partial charge in [0.25, 0.3) is 0 Å². The van der Waals surface area contributed by atoms with Crippen molar-refractivity contribution in [1.29, 1.82) is 0 Å². The van der Waals surface area contributed by atoms with Crippen molar-refractivity contribution < 1.29 is 9.47 Å². The van der Waals surface area contributed by atoms with Gasteiger partial charge in [0.2, 0.25) is 0 Å². The van der Waals surface area contributed by atoms with Crippen molar-refractivity contribution >= 4 is 0 Å². The van der Waals surface area contributed by atoms with Crippen molar-refractivity contribution in [1.82, 2.24) is 10.2 Å². The Morgan fingerprint density at radius 3 is 2.71 bits per heavy atom. The number of fused-ring (bicyclic) bond motifs is 2. The van der Waals surface area contributed by atoms with Gasteiger partial charge in [0.05, 0.1) is 14.2 Å². The van der Waals surface area contributed by atoms with Gasteiger partial charge in [0, 0.05) is 36.8 Å². The second-order valence-electron chi connectivity index (χ2n) is 6.21. The van der Waals surface area contributed by atoms with Crippen molar-refractivity contribution in [3.8, 4) is 11.5 Å². The van der Waals surface area contributed by atoms with Gasteiger partial charge in [-0.15, -0.1) is 0 Å². The number of nitrogens with zero attached hydrogens (tertiary/aromatic N) is 1. The Labute approximate surface area is 127 Å². The first-order chi connectivity index (χ1) is 10.2. The zero-order valence-electron chi connectivity index (χ0n) is 13.3. The van der Waals surface area contributed by atoms with Crippen LogP contribution in [0.15, 0.2) is 18.2 Å². The van der Waals surface area contributed by atoms with Crippen LogP contribution in [0.25, 0.3) is 0 Å². The molecule has 2 aliphatic heterocycles. The Kier molecular flexibility index (Phi) is 4.36. The first kappa shape index (κ1) is 14.7. The molecule has 2 heterocycles. The van der Waals surface area contributed by atoms with Crippen molar-refractivity contribution in [3.05, 3.63) is 23.8 Å². The van der Waals surface area contributed by atoms with Gasteiger partial charge in [-0.1, -0.05) is 0 Å². The quantitative estimate of drug-likeness (QED) is 0.924. The van der Waals surface area contributed by atoms with Crippen LogP contribution in [0.2, 0.25) is 0 Å². The summed E-state index contributed by atoms with van der Waals surface area (Å²) >= 11 is 0. The molecule has 1 aromatic rings. The maximum absolute atomic E-state index is 5.55. The predicted molar refractivity (Wildman–Crippen MR) is 84.1 cm³/mol. The summed E-state index contributed by atoms with van der Waals surface area (Å²) in [6, 6.07) is 7.79. The SMILES string of the molecule is COc1ccc(OC)c(C(C)N2CCC3CCC(C2)N3)c1. The third-order valence-corrected chi connectivity index (χ3v) is 4.99. The molecule has 0 amide bonds. The summed E-state index contributed by atoms with van der Waals surface area (Å²) in [5.74, 6) is 1.85. The summed E-state index contributed by atoms with van der Waals surface area (Å²) in [5.41, 5.74) is 1.22. The fourth-order valence-electron chi connectivity index (χ4n) is 3.68. The maximum atomic E-state index is 5.55. The Balaban J connectivity index is 1.81. The topological polar surface area (TPSA) is 33.7 Å². The summed E-state index contributed by atoms with van der Waals surface area (Å²) in [6.45, 7) is 4.55. The summed E-state index contributed by atoms with van der Waals surface area (Å²) in [6.07, 6.45) is 3.89. The smallest absolute Gasteiger partial charge is 0.123 e. The number of ether oxygens (including phenoxy) is 2. The van der Waals surface area contributed by atoms with Gasteiger partial charge in [0.1, 0.15) is 11.5 Å². The Bertz CT molecular complexity index is 492. The number of methoxy groups -OCH3 is 2. The largest absolute Gasteiger partial charge is 0.497 e. The average Bonchev–Trinajstić information content (AvgIpc) is 2.85. The number of hydrogen-bond acceptors (Lipinski definition) is 4. The number of benzene rings is 1. The van der Waals surface area contributed by atoms with Gasteiger partial charge in [0.15, 0.2) is 0 Å². The lowest BCUT2D eigenvalue weighted by atomic mass is 10.0. The molecule has 3 atom stereocenters. The maximum Gasteiger partial charge on any atom is 0.123 e. The second kappa shape index (κ2) is 6.24. The molecule has 1 N–H and O–H groups in total. The lowest BCUT2D eigenvalue weighted by Gasteiger charge is -2.31. The van der Waals surface area contributed by atoms with E-state index in [1.54, 1.807) is 14.2 Å². The minimum absolute atomic E-state index is 0.344. The van der Waals surface area contributed by atoms with Gasteiger partial charge in [-0.25, -0.2) is 0 Å². The zero-order chi connectivity index (χ0) is 14.8. The molecule has 4 heteroatoms. The highest BCUT2D eigenvalue weighted by molar-refractivity contribution is 5.42. The summed E-state index contributed by atoms with van der Waals surface area (Å²) in [5, 5.41) is 3.74. The fraction of sp³-hybridized carbons (Fsp3) is 0.647. The standard InChI is InChI=1S/C17H26N2O2/c1-12(16-10-15(20-2)6-7-17(16)21-3)19-9-8-13-4-5-14(11-19)18-13/h6-7,10,12-14,18H,4-5,8-9,11H2,1-3H3. The van der Waals surface area contributed by atoms with E-state index in [9.17, 15) is 0 Å². The van der Waals surface area contributed by atoms with Gasteiger partial charge < -0.3 is 14.8 Å².